The molecule has 0 amide bonds. The SMILES string of the molecule is Brc1cccnc1.O=S(=O)(Cl)Cl. The molecule has 0 aliphatic rings. The average Bonchev–Trinajstić information content (AvgIpc) is 1.85. The highest BCUT2D eigenvalue weighted by molar-refractivity contribution is 9.10. The van der Waals surface area contributed by atoms with Gasteiger partial charge in [0, 0.05) is 38.2 Å². The Morgan fingerprint density at radius 2 is 1.92 bits per heavy atom. The van der Waals surface area contributed by atoms with Gasteiger partial charge in [-0.2, -0.15) is 8.42 Å². The Morgan fingerprint density at radius 3 is 2.08 bits per heavy atom. The van der Waals surface area contributed by atoms with E-state index in [4.69, 9.17) is 8.42 Å². The zero-order valence-electron chi connectivity index (χ0n) is 5.62. The summed E-state index contributed by atoms with van der Waals surface area (Å²) < 4.78 is 19.3. The Morgan fingerprint density at radius 1 is 1.42 bits per heavy atom. The molecule has 0 atom stereocenters. The van der Waals surface area contributed by atoms with E-state index >= 15 is 0 Å². The molecule has 0 aliphatic carbocycles. The zero-order chi connectivity index (χ0) is 9.61. The summed E-state index contributed by atoms with van der Waals surface area (Å²) in [5, 5.41) is 0. The summed E-state index contributed by atoms with van der Waals surface area (Å²) in [6, 6.07) is 3.82. The maximum Gasteiger partial charge on any atom is 0.317 e. The van der Waals surface area contributed by atoms with Crippen molar-refractivity contribution in [3.05, 3.63) is 29.0 Å². The Kier molecular flexibility index (Phi) is 5.82. The summed E-state index contributed by atoms with van der Waals surface area (Å²) in [4.78, 5) is 3.84. The summed E-state index contributed by atoms with van der Waals surface area (Å²) in [6.07, 6.45) is 3.49. The lowest BCUT2D eigenvalue weighted by atomic mass is 10.5. The number of hydrogen-bond acceptors (Lipinski definition) is 3. The highest BCUT2D eigenvalue weighted by atomic mass is 79.9. The fraction of sp³-hybridized carbons (Fsp3) is 0. The predicted molar refractivity (Wildman–Crippen MR) is 52.6 cm³/mol. The van der Waals surface area contributed by atoms with Crippen molar-refractivity contribution in [3.63, 3.8) is 0 Å². The number of nitrogens with zero attached hydrogens (tertiary/aromatic N) is 1. The van der Waals surface area contributed by atoms with Crippen molar-refractivity contribution in [3.8, 4) is 0 Å². The molecule has 0 N–H and O–H groups in total. The van der Waals surface area contributed by atoms with Crippen molar-refractivity contribution in [1.29, 1.82) is 0 Å². The molecule has 1 aromatic heterocycles. The highest BCUT2D eigenvalue weighted by Gasteiger charge is 1.88. The lowest BCUT2D eigenvalue weighted by molar-refractivity contribution is 0.621. The molecule has 0 fully saturated rings. The van der Waals surface area contributed by atoms with Gasteiger partial charge in [0.1, 0.15) is 0 Å². The van der Waals surface area contributed by atoms with Gasteiger partial charge in [0.05, 0.1) is 0 Å². The van der Waals surface area contributed by atoms with Crippen LogP contribution in [-0.2, 0) is 8.26 Å². The van der Waals surface area contributed by atoms with Crippen molar-refractivity contribution in [2.24, 2.45) is 0 Å². The zero-order valence-corrected chi connectivity index (χ0v) is 9.53. The third kappa shape index (κ3) is 12.8. The Bertz CT molecular complexity index is 307. The van der Waals surface area contributed by atoms with Gasteiger partial charge in [0.2, 0.25) is 0 Å². The van der Waals surface area contributed by atoms with Crippen LogP contribution in [0.2, 0.25) is 0 Å². The smallest absolute Gasteiger partial charge is 0.264 e. The van der Waals surface area contributed by atoms with Gasteiger partial charge in [0.15, 0.2) is 0 Å². The number of aromatic nitrogens is 1. The van der Waals surface area contributed by atoms with Gasteiger partial charge in [0.25, 0.3) is 0 Å². The van der Waals surface area contributed by atoms with E-state index in [1.807, 2.05) is 12.1 Å². The third-order valence-electron chi connectivity index (χ3n) is 0.625. The van der Waals surface area contributed by atoms with Crippen molar-refractivity contribution in [2.45, 2.75) is 0 Å². The standard InChI is InChI=1S/C5H4BrN.Cl2O2S/c6-5-2-1-3-7-4-5;1-5(2,3)4/h1-4H;. The normalized spacial score (nSPS) is 9.92. The van der Waals surface area contributed by atoms with Crippen LogP contribution in [0, 0.1) is 0 Å². The van der Waals surface area contributed by atoms with E-state index in [-0.39, 0.29) is 0 Å². The molecular formula is C5H4BrCl2NO2S. The van der Waals surface area contributed by atoms with Gasteiger partial charge in [-0.05, 0) is 28.1 Å². The van der Waals surface area contributed by atoms with Crippen LogP contribution in [-0.4, -0.2) is 13.4 Å². The number of rotatable bonds is 0. The first-order valence-corrected chi connectivity index (χ1v) is 6.52. The molecular weight excluding hydrogens is 289 g/mol. The van der Waals surface area contributed by atoms with Crippen LogP contribution in [0.3, 0.4) is 0 Å². The quantitative estimate of drug-likeness (QED) is 0.691. The van der Waals surface area contributed by atoms with Crippen LogP contribution in [0.1, 0.15) is 0 Å². The van der Waals surface area contributed by atoms with Crippen LogP contribution < -0.4 is 0 Å². The van der Waals surface area contributed by atoms with E-state index in [0.29, 0.717) is 0 Å². The summed E-state index contributed by atoms with van der Waals surface area (Å²) >= 11 is 3.25. The number of pyridine rings is 1. The first-order valence-electron chi connectivity index (χ1n) is 2.59. The van der Waals surface area contributed by atoms with Crippen molar-refractivity contribution < 1.29 is 8.42 Å². The van der Waals surface area contributed by atoms with Gasteiger partial charge in [-0.1, -0.05) is 0 Å². The van der Waals surface area contributed by atoms with Crippen LogP contribution in [0.4, 0.5) is 0 Å². The molecule has 12 heavy (non-hydrogen) atoms. The maximum absolute atomic E-state index is 9.16. The molecule has 0 saturated carbocycles. The lowest BCUT2D eigenvalue weighted by Gasteiger charge is -1.80. The molecule has 0 spiro atoms. The van der Waals surface area contributed by atoms with Gasteiger partial charge in [-0.25, -0.2) is 0 Å². The summed E-state index contributed by atoms with van der Waals surface area (Å²) in [6.45, 7) is 0. The first-order chi connectivity index (χ1) is 5.39. The maximum atomic E-state index is 9.16. The molecule has 7 heteroatoms. The minimum absolute atomic E-state index is 1.02. The van der Waals surface area contributed by atoms with Crippen LogP contribution in [0.5, 0.6) is 0 Å². The van der Waals surface area contributed by atoms with E-state index in [1.165, 1.54) is 0 Å². The Balaban J connectivity index is 0.000000217. The monoisotopic (exact) mass is 291 g/mol. The number of halogens is 3. The van der Waals surface area contributed by atoms with Gasteiger partial charge in [-0.15, -0.1) is 0 Å². The molecule has 1 aromatic rings. The summed E-state index contributed by atoms with van der Waals surface area (Å²) in [7, 11) is 4.81. The molecule has 0 saturated heterocycles. The van der Waals surface area contributed by atoms with Crippen LogP contribution in [0.15, 0.2) is 29.0 Å². The third-order valence-corrected chi connectivity index (χ3v) is 1.09. The Labute approximate surface area is 87.8 Å². The number of hydrogen-bond donors (Lipinski definition) is 0. The minimum Gasteiger partial charge on any atom is -0.264 e. The summed E-state index contributed by atoms with van der Waals surface area (Å²) in [5.41, 5.74) is 0. The van der Waals surface area contributed by atoms with E-state index in [2.05, 4.69) is 42.3 Å². The van der Waals surface area contributed by atoms with Crippen molar-refractivity contribution >= 4 is 45.6 Å². The average molecular weight is 293 g/mol. The second-order valence-corrected chi connectivity index (χ2v) is 6.13. The lowest BCUT2D eigenvalue weighted by Crippen LogP contribution is -1.64. The molecule has 0 radical (unpaired) electrons. The fourth-order valence-electron chi connectivity index (χ4n) is 0.342. The second-order valence-electron chi connectivity index (χ2n) is 1.55. The van der Waals surface area contributed by atoms with Gasteiger partial charge >= 0.3 is 8.26 Å². The molecule has 0 aliphatic heterocycles. The molecule has 0 unspecified atom stereocenters. The molecule has 1 rings (SSSR count). The van der Waals surface area contributed by atoms with Crippen LogP contribution in [0.25, 0.3) is 0 Å². The fourth-order valence-corrected chi connectivity index (χ4v) is 0.613. The van der Waals surface area contributed by atoms with Crippen molar-refractivity contribution in [2.75, 3.05) is 0 Å². The summed E-state index contributed by atoms with van der Waals surface area (Å²) in [5.74, 6) is 0. The Hall–Kier alpha value is 0.160. The molecule has 1 heterocycles. The van der Waals surface area contributed by atoms with E-state index in [1.54, 1.807) is 12.4 Å². The topological polar surface area (TPSA) is 47.0 Å². The molecule has 3 nitrogen and oxygen atoms in total. The highest BCUT2D eigenvalue weighted by Crippen LogP contribution is 2.02. The van der Waals surface area contributed by atoms with E-state index in [0.717, 1.165) is 4.47 Å². The second kappa shape index (κ2) is 5.75. The first kappa shape index (κ1) is 12.2. The van der Waals surface area contributed by atoms with Crippen LogP contribution >= 0.6 is 37.3 Å². The van der Waals surface area contributed by atoms with E-state index < -0.39 is 8.26 Å². The van der Waals surface area contributed by atoms with Gasteiger partial charge < -0.3 is 0 Å². The van der Waals surface area contributed by atoms with Gasteiger partial charge in [-0.3, -0.25) is 4.98 Å². The predicted octanol–water partition coefficient (Wildman–Crippen LogP) is 2.55. The minimum atomic E-state index is -3.72. The molecule has 68 valence electrons. The van der Waals surface area contributed by atoms with E-state index in [9.17, 15) is 0 Å². The molecule has 0 aromatic carbocycles. The van der Waals surface area contributed by atoms with Crippen molar-refractivity contribution in [1.82, 2.24) is 4.98 Å². The molecule has 0 bridgehead atoms. The largest absolute Gasteiger partial charge is 0.317 e.